The van der Waals surface area contributed by atoms with E-state index in [1.165, 1.54) is 212 Å². The van der Waals surface area contributed by atoms with Crippen LogP contribution in [0.3, 0.4) is 0 Å². The quantitative estimate of drug-likeness (QED) is 0.0377. The molecule has 0 saturated carbocycles. The number of carbonyl (C=O) groups excluding carboxylic acids is 1. The lowest BCUT2D eigenvalue weighted by molar-refractivity contribution is -0.143. The highest BCUT2D eigenvalue weighted by Crippen LogP contribution is 2.16. The Morgan fingerprint density at radius 1 is 0.435 bits per heavy atom. The van der Waals surface area contributed by atoms with Gasteiger partial charge >= 0.3 is 5.97 Å². The van der Waals surface area contributed by atoms with Crippen LogP contribution in [-0.2, 0) is 9.53 Å². The highest BCUT2D eigenvalue weighted by atomic mass is 16.5. The summed E-state index contributed by atoms with van der Waals surface area (Å²) in [7, 11) is 0. The number of esters is 1. The van der Waals surface area contributed by atoms with Crippen molar-refractivity contribution in [2.45, 2.75) is 252 Å². The molecule has 0 aliphatic carbocycles. The van der Waals surface area contributed by atoms with Crippen LogP contribution in [0, 0.1) is 5.92 Å². The molecule has 0 heterocycles. The molecule has 0 unspecified atom stereocenters. The van der Waals surface area contributed by atoms with E-state index in [4.69, 9.17) is 4.74 Å². The monoisotopic (exact) mass is 647 g/mol. The van der Waals surface area contributed by atoms with Gasteiger partial charge in [0.15, 0.2) is 0 Å². The number of hydrogen-bond acceptors (Lipinski definition) is 2. The van der Waals surface area contributed by atoms with E-state index in [1.54, 1.807) is 0 Å². The molecular weight excluding hydrogens is 560 g/mol. The second kappa shape index (κ2) is 40.4. The minimum Gasteiger partial charge on any atom is -0.466 e. The van der Waals surface area contributed by atoms with Crippen LogP contribution in [0.2, 0.25) is 0 Å². The second-order valence-corrected chi connectivity index (χ2v) is 15.2. The second-order valence-electron chi connectivity index (χ2n) is 15.2. The van der Waals surface area contributed by atoms with Crippen LogP contribution in [0.15, 0.2) is 12.2 Å². The van der Waals surface area contributed by atoms with E-state index in [0.29, 0.717) is 13.0 Å². The molecule has 0 fully saturated rings. The highest BCUT2D eigenvalue weighted by Gasteiger charge is 2.03. The van der Waals surface area contributed by atoms with E-state index >= 15 is 0 Å². The Hall–Kier alpha value is -0.790. The molecule has 0 aliphatic rings. The summed E-state index contributed by atoms with van der Waals surface area (Å²) >= 11 is 0. The van der Waals surface area contributed by atoms with Gasteiger partial charge in [-0.1, -0.05) is 219 Å². The molecule has 0 atom stereocenters. The molecule has 0 aromatic carbocycles. The summed E-state index contributed by atoms with van der Waals surface area (Å²) in [6, 6.07) is 0. The number of hydrogen-bond donors (Lipinski definition) is 0. The van der Waals surface area contributed by atoms with E-state index in [-0.39, 0.29) is 5.97 Å². The van der Waals surface area contributed by atoms with Crippen molar-refractivity contribution >= 4 is 5.97 Å². The van der Waals surface area contributed by atoms with E-state index in [1.807, 2.05) is 0 Å². The number of unbranched alkanes of at least 4 members (excludes halogenated alkanes) is 31. The van der Waals surface area contributed by atoms with Crippen LogP contribution >= 0.6 is 0 Å². The lowest BCUT2D eigenvalue weighted by Gasteiger charge is -2.06. The summed E-state index contributed by atoms with van der Waals surface area (Å²) in [6.07, 6.45) is 53.0. The predicted molar refractivity (Wildman–Crippen MR) is 207 cm³/mol. The average Bonchev–Trinajstić information content (AvgIpc) is 3.04. The van der Waals surface area contributed by atoms with Crippen molar-refractivity contribution in [1.82, 2.24) is 0 Å². The molecule has 46 heavy (non-hydrogen) atoms. The van der Waals surface area contributed by atoms with Gasteiger partial charge in [-0.3, -0.25) is 4.79 Å². The normalized spacial score (nSPS) is 11.7. The lowest BCUT2D eigenvalue weighted by Crippen LogP contribution is -2.05. The van der Waals surface area contributed by atoms with E-state index in [9.17, 15) is 4.79 Å². The van der Waals surface area contributed by atoms with Gasteiger partial charge in [-0.2, -0.15) is 0 Å². The summed E-state index contributed by atoms with van der Waals surface area (Å²) in [5.41, 5.74) is 0. The fourth-order valence-electron chi connectivity index (χ4n) is 6.61. The standard InChI is InChI=1S/C44H86O2/c1-4-5-6-7-8-9-10-11-12-13-14-15-16-17-20-23-26-29-32-35-38-41-44(45)46-42-39-36-33-30-27-24-21-18-19-22-25-28-31-34-37-40-43(2)3/h11-12,43H,4-10,13-42H2,1-3H3. The fraction of sp³-hybridized carbons (Fsp3) is 0.932. The number of carbonyl (C=O) groups is 1. The maximum absolute atomic E-state index is 12.0. The summed E-state index contributed by atoms with van der Waals surface area (Å²) < 4.78 is 5.47. The third-order valence-electron chi connectivity index (χ3n) is 9.83. The Balaban J connectivity index is 3.18. The summed E-state index contributed by atoms with van der Waals surface area (Å²) in [4.78, 5) is 12.0. The number of rotatable bonds is 39. The molecule has 0 aromatic rings. The summed E-state index contributed by atoms with van der Waals surface area (Å²) in [6.45, 7) is 7.59. The Morgan fingerprint density at radius 3 is 1.15 bits per heavy atom. The Bertz CT molecular complexity index is 595. The van der Waals surface area contributed by atoms with Gasteiger partial charge in [0.05, 0.1) is 6.61 Å². The molecule has 0 bridgehead atoms. The number of allylic oxidation sites excluding steroid dienone is 2. The SMILES string of the molecule is CCCCCCCCC=CCCCCCCCCCCCCCC(=O)OCCCCCCCCCCCCCCCCCC(C)C. The van der Waals surface area contributed by atoms with E-state index < -0.39 is 0 Å². The van der Waals surface area contributed by atoms with Gasteiger partial charge in [0.2, 0.25) is 0 Å². The molecule has 2 heteroatoms. The first-order chi connectivity index (χ1) is 22.7. The molecule has 274 valence electrons. The molecule has 0 amide bonds. The van der Waals surface area contributed by atoms with E-state index in [0.717, 1.165) is 18.8 Å². The molecule has 0 saturated heterocycles. The van der Waals surface area contributed by atoms with Crippen LogP contribution < -0.4 is 0 Å². The lowest BCUT2D eigenvalue weighted by atomic mass is 10.0. The van der Waals surface area contributed by atoms with Crippen molar-refractivity contribution in [3.05, 3.63) is 12.2 Å². The molecular formula is C44H86O2. The van der Waals surface area contributed by atoms with Crippen LogP contribution in [0.1, 0.15) is 252 Å². The predicted octanol–water partition coefficient (Wildman–Crippen LogP) is 15.8. The van der Waals surface area contributed by atoms with Crippen molar-refractivity contribution in [2.75, 3.05) is 6.61 Å². The minimum atomic E-state index is 0.0272. The minimum absolute atomic E-state index is 0.0272. The van der Waals surface area contributed by atoms with Crippen molar-refractivity contribution in [3.63, 3.8) is 0 Å². The summed E-state index contributed by atoms with van der Waals surface area (Å²) in [5, 5.41) is 0. The smallest absolute Gasteiger partial charge is 0.305 e. The first-order valence-electron chi connectivity index (χ1n) is 21.5. The summed E-state index contributed by atoms with van der Waals surface area (Å²) in [5.74, 6) is 0.904. The zero-order chi connectivity index (χ0) is 33.4. The molecule has 0 aromatic heterocycles. The molecule has 0 aliphatic heterocycles. The van der Waals surface area contributed by atoms with Crippen molar-refractivity contribution in [3.8, 4) is 0 Å². The third-order valence-corrected chi connectivity index (χ3v) is 9.83. The molecule has 0 spiro atoms. The Kier molecular flexibility index (Phi) is 39.7. The van der Waals surface area contributed by atoms with Gasteiger partial charge in [-0.25, -0.2) is 0 Å². The zero-order valence-electron chi connectivity index (χ0n) is 32.2. The average molecular weight is 647 g/mol. The van der Waals surface area contributed by atoms with Gasteiger partial charge in [-0.05, 0) is 44.4 Å². The van der Waals surface area contributed by atoms with Gasteiger partial charge in [-0.15, -0.1) is 0 Å². The maximum Gasteiger partial charge on any atom is 0.305 e. The first kappa shape index (κ1) is 45.2. The zero-order valence-corrected chi connectivity index (χ0v) is 32.2. The highest BCUT2D eigenvalue weighted by molar-refractivity contribution is 5.69. The molecule has 0 rings (SSSR count). The van der Waals surface area contributed by atoms with Gasteiger partial charge in [0.1, 0.15) is 0 Å². The third kappa shape index (κ3) is 41.2. The Labute approximate surface area is 291 Å². The van der Waals surface area contributed by atoms with E-state index in [2.05, 4.69) is 32.9 Å². The maximum atomic E-state index is 12.0. The molecule has 2 nitrogen and oxygen atoms in total. The topological polar surface area (TPSA) is 26.3 Å². The van der Waals surface area contributed by atoms with Crippen molar-refractivity contribution < 1.29 is 9.53 Å². The van der Waals surface area contributed by atoms with Gasteiger partial charge < -0.3 is 4.74 Å². The largest absolute Gasteiger partial charge is 0.466 e. The van der Waals surface area contributed by atoms with Crippen molar-refractivity contribution in [2.24, 2.45) is 5.92 Å². The fourth-order valence-corrected chi connectivity index (χ4v) is 6.61. The van der Waals surface area contributed by atoms with Gasteiger partial charge in [0, 0.05) is 6.42 Å². The Morgan fingerprint density at radius 2 is 0.761 bits per heavy atom. The van der Waals surface area contributed by atoms with Crippen LogP contribution in [-0.4, -0.2) is 12.6 Å². The van der Waals surface area contributed by atoms with Crippen molar-refractivity contribution in [1.29, 1.82) is 0 Å². The molecule has 0 radical (unpaired) electrons. The van der Waals surface area contributed by atoms with Crippen LogP contribution in [0.25, 0.3) is 0 Å². The number of ether oxygens (including phenoxy) is 1. The molecule has 0 N–H and O–H groups in total. The first-order valence-corrected chi connectivity index (χ1v) is 21.5. The van der Waals surface area contributed by atoms with Gasteiger partial charge in [0.25, 0.3) is 0 Å². The van der Waals surface area contributed by atoms with Crippen LogP contribution in [0.5, 0.6) is 0 Å². The van der Waals surface area contributed by atoms with Crippen LogP contribution in [0.4, 0.5) is 0 Å².